The highest BCUT2D eigenvalue weighted by Gasteiger charge is 2.20. The fourth-order valence-electron chi connectivity index (χ4n) is 3.24. The molecule has 0 saturated heterocycles. The number of pyridine rings is 1. The maximum Gasteiger partial charge on any atom is 0.237 e. The Morgan fingerprint density at radius 2 is 1.88 bits per heavy atom. The lowest BCUT2D eigenvalue weighted by atomic mass is 10.0. The lowest BCUT2D eigenvalue weighted by Gasteiger charge is -2.13. The van der Waals surface area contributed by atoms with Gasteiger partial charge < -0.3 is 15.9 Å². The van der Waals surface area contributed by atoms with Crippen molar-refractivity contribution in [2.75, 3.05) is 11.2 Å². The van der Waals surface area contributed by atoms with Crippen LogP contribution in [0, 0.1) is 0 Å². The van der Waals surface area contributed by atoms with Crippen molar-refractivity contribution in [3.8, 4) is 5.75 Å². The number of ether oxygens (including phenoxy) is 1. The number of carbonyl (C=O) groups is 1. The van der Waals surface area contributed by atoms with Crippen LogP contribution in [0.1, 0.15) is 38.1 Å². The molecule has 2 heterocycles. The Bertz CT molecular complexity index is 1250. The number of hydrogen-bond donors (Lipinski definition) is 2. The Morgan fingerprint density at radius 1 is 1.09 bits per heavy atom. The van der Waals surface area contributed by atoms with Gasteiger partial charge in [-0.3, -0.25) is 9.78 Å². The second-order valence-electron chi connectivity index (χ2n) is 7.91. The topological polar surface area (TPSA) is 108 Å². The molecule has 1 amide bonds. The minimum Gasteiger partial charge on any atom is -0.486 e. The molecule has 33 heavy (non-hydrogen) atoms. The van der Waals surface area contributed by atoms with Crippen LogP contribution >= 0.6 is 11.8 Å². The second-order valence-corrected chi connectivity index (χ2v) is 9.21. The molecule has 4 aromatic rings. The first-order valence-corrected chi connectivity index (χ1v) is 11.5. The van der Waals surface area contributed by atoms with E-state index in [4.69, 9.17) is 10.6 Å². The molecular formula is C24H26N6O2S. The molecule has 170 valence electrons. The summed E-state index contributed by atoms with van der Waals surface area (Å²) < 4.78 is 7.16. The number of rotatable bonds is 8. The van der Waals surface area contributed by atoms with Crippen molar-refractivity contribution in [1.29, 1.82) is 0 Å². The predicted octanol–water partition coefficient (Wildman–Crippen LogP) is 4.36. The molecule has 0 radical (unpaired) electrons. The van der Waals surface area contributed by atoms with Gasteiger partial charge in [0.25, 0.3) is 0 Å². The van der Waals surface area contributed by atoms with Gasteiger partial charge in [0.15, 0.2) is 5.82 Å². The molecular weight excluding hydrogens is 436 g/mol. The van der Waals surface area contributed by atoms with Crippen LogP contribution in [0.5, 0.6) is 5.75 Å². The summed E-state index contributed by atoms with van der Waals surface area (Å²) in [5.74, 6) is 7.65. The van der Waals surface area contributed by atoms with E-state index in [2.05, 4.69) is 34.3 Å². The van der Waals surface area contributed by atoms with Crippen molar-refractivity contribution in [1.82, 2.24) is 19.9 Å². The van der Waals surface area contributed by atoms with Gasteiger partial charge in [0.2, 0.25) is 11.1 Å². The molecule has 0 aliphatic carbocycles. The van der Waals surface area contributed by atoms with Crippen LogP contribution in [-0.4, -0.2) is 31.0 Å². The zero-order chi connectivity index (χ0) is 23.4. The van der Waals surface area contributed by atoms with Crippen molar-refractivity contribution in [3.05, 3.63) is 72.2 Å². The molecule has 0 fully saturated rings. The van der Waals surface area contributed by atoms with Crippen LogP contribution in [0.2, 0.25) is 0 Å². The number of anilines is 1. The summed E-state index contributed by atoms with van der Waals surface area (Å²) in [7, 11) is 0. The molecule has 4 rings (SSSR count). The molecule has 1 atom stereocenters. The molecule has 2 aromatic heterocycles. The predicted molar refractivity (Wildman–Crippen MR) is 131 cm³/mol. The smallest absolute Gasteiger partial charge is 0.237 e. The van der Waals surface area contributed by atoms with Crippen LogP contribution in [0.15, 0.2) is 66.0 Å². The van der Waals surface area contributed by atoms with Gasteiger partial charge in [-0.2, -0.15) is 0 Å². The van der Waals surface area contributed by atoms with E-state index < -0.39 is 5.25 Å². The first-order valence-electron chi connectivity index (χ1n) is 10.7. The number of aromatic nitrogens is 4. The van der Waals surface area contributed by atoms with Gasteiger partial charge in [-0.05, 0) is 54.8 Å². The standard InChI is InChI=1S/C24H26N6O2S/c1-15(2)17-9-11-18(12-10-17)32-14-22-28-29-24(30(22)25)33-16(3)23(31)27-21-8-4-7-20-19(21)6-5-13-26-20/h4-13,15-16H,14,25H2,1-3H3,(H,27,31). The number of amides is 1. The van der Waals surface area contributed by atoms with Crippen LogP contribution in [0.4, 0.5) is 5.69 Å². The fraction of sp³-hybridized carbons (Fsp3) is 0.250. The molecule has 0 aliphatic rings. The van der Waals surface area contributed by atoms with E-state index in [0.717, 1.165) is 16.7 Å². The Balaban J connectivity index is 1.37. The summed E-state index contributed by atoms with van der Waals surface area (Å²) in [5.41, 5.74) is 2.78. The number of nitrogens with one attached hydrogen (secondary N) is 1. The lowest BCUT2D eigenvalue weighted by molar-refractivity contribution is -0.115. The molecule has 1 unspecified atom stereocenters. The summed E-state index contributed by atoms with van der Waals surface area (Å²) in [6, 6.07) is 17.3. The molecule has 9 heteroatoms. The third-order valence-corrected chi connectivity index (χ3v) is 6.26. The zero-order valence-electron chi connectivity index (χ0n) is 18.7. The van der Waals surface area contributed by atoms with Crippen molar-refractivity contribution < 1.29 is 9.53 Å². The third kappa shape index (κ3) is 5.25. The highest BCUT2D eigenvalue weighted by molar-refractivity contribution is 8.00. The molecule has 0 saturated carbocycles. The number of nitrogens with zero attached hydrogens (tertiary/aromatic N) is 4. The van der Waals surface area contributed by atoms with E-state index in [0.29, 0.717) is 22.6 Å². The first kappa shape index (κ1) is 22.6. The third-order valence-electron chi connectivity index (χ3n) is 5.20. The van der Waals surface area contributed by atoms with E-state index >= 15 is 0 Å². The molecule has 0 bridgehead atoms. The van der Waals surface area contributed by atoms with Gasteiger partial charge in [-0.15, -0.1) is 10.2 Å². The van der Waals surface area contributed by atoms with E-state index in [-0.39, 0.29) is 12.5 Å². The van der Waals surface area contributed by atoms with Crippen LogP contribution in [-0.2, 0) is 11.4 Å². The van der Waals surface area contributed by atoms with Gasteiger partial charge in [0, 0.05) is 11.6 Å². The van der Waals surface area contributed by atoms with Gasteiger partial charge in [0.1, 0.15) is 12.4 Å². The van der Waals surface area contributed by atoms with Gasteiger partial charge in [0.05, 0.1) is 16.5 Å². The van der Waals surface area contributed by atoms with Crippen molar-refractivity contribution in [2.45, 2.75) is 43.7 Å². The fourth-order valence-corrected chi connectivity index (χ4v) is 4.03. The first-order chi connectivity index (χ1) is 15.9. The van der Waals surface area contributed by atoms with Crippen molar-refractivity contribution >= 4 is 34.3 Å². The highest BCUT2D eigenvalue weighted by Crippen LogP contribution is 2.25. The number of hydrogen-bond acceptors (Lipinski definition) is 7. The number of benzene rings is 2. The Morgan fingerprint density at radius 3 is 2.64 bits per heavy atom. The van der Waals surface area contributed by atoms with Crippen LogP contribution in [0.25, 0.3) is 10.9 Å². The largest absolute Gasteiger partial charge is 0.486 e. The normalized spacial score (nSPS) is 12.1. The average molecular weight is 463 g/mol. The Labute approximate surface area is 196 Å². The monoisotopic (exact) mass is 462 g/mol. The average Bonchev–Trinajstić information content (AvgIpc) is 3.17. The summed E-state index contributed by atoms with van der Waals surface area (Å²) >= 11 is 1.23. The minimum atomic E-state index is -0.444. The van der Waals surface area contributed by atoms with Crippen molar-refractivity contribution in [2.24, 2.45) is 0 Å². The van der Waals surface area contributed by atoms with E-state index in [9.17, 15) is 4.79 Å². The Hall–Kier alpha value is -3.59. The molecule has 3 N–H and O–H groups in total. The van der Waals surface area contributed by atoms with Gasteiger partial charge in [-0.1, -0.05) is 43.8 Å². The minimum absolute atomic E-state index is 0.164. The summed E-state index contributed by atoms with van der Waals surface area (Å²) in [4.78, 5) is 17.1. The number of fused-ring (bicyclic) bond motifs is 1. The second kappa shape index (κ2) is 9.91. The molecule has 2 aromatic carbocycles. The van der Waals surface area contributed by atoms with E-state index in [1.54, 1.807) is 13.1 Å². The number of nitrogen functional groups attached to an aromatic ring is 1. The quantitative estimate of drug-likeness (QED) is 0.296. The SMILES string of the molecule is CC(Sc1nnc(COc2ccc(C(C)C)cc2)n1N)C(=O)Nc1cccc2ncccc12. The van der Waals surface area contributed by atoms with Crippen LogP contribution in [0.3, 0.4) is 0 Å². The highest BCUT2D eigenvalue weighted by atomic mass is 32.2. The number of nitrogens with two attached hydrogens (primary N) is 1. The van der Waals surface area contributed by atoms with E-state index in [1.807, 2.05) is 54.6 Å². The molecule has 8 nitrogen and oxygen atoms in total. The molecule has 0 spiro atoms. The summed E-state index contributed by atoms with van der Waals surface area (Å²) in [6.45, 7) is 6.26. The Kier molecular flexibility index (Phi) is 6.79. The van der Waals surface area contributed by atoms with Gasteiger partial charge >= 0.3 is 0 Å². The van der Waals surface area contributed by atoms with E-state index in [1.165, 1.54) is 22.0 Å². The zero-order valence-corrected chi connectivity index (χ0v) is 19.5. The summed E-state index contributed by atoms with van der Waals surface area (Å²) in [5, 5.41) is 12.1. The maximum atomic E-state index is 12.8. The number of carbonyl (C=O) groups excluding carboxylic acids is 1. The number of thioether (sulfide) groups is 1. The lowest BCUT2D eigenvalue weighted by Crippen LogP contribution is -2.24. The van der Waals surface area contributed by atoms with Crippen molar-refractivity contribution in [3.63, 3.8) is 0 Å². The summed E-state index contributed by atoms with van der Waals surface area (Å²) in [6.07, 6.45) is 1.72. The van der Waals surface area contributed by atoms with Gasteiger partial charge in [-0.25, -0.2) is 4.68 Å². The molecule has 0 aliphatic heterocycles. The maximum absolute atomic E-state index is 12.8. The van der Waals surface area contributed by atoms with Crippen LogP contribution < -0.4 is 15.9 Å².